The molecule has 0 amide bonds. The zero-order valence-electron chi connectivity index (χ0n) is 15.9. The maximum absolute atomic E-state index is 12.9. The number of aromatic nitrogens is 2. The quantitative estimate of drug-likeness (QED) is 0.552. The van der Waals surface area contributed by atoms with Gasteiger partial charge < -0.3 is 12.5 Å². The number of aryl methyl sites for hydroxylation is 2. The standard InChI is InChI=1S/C16H16N2O2S2.C2H6.CH3.Y/c1-10-5-3-4-6-11(10)12-13(19)14-15(17-9-22-14)18(16(12)20)7-8-21-2;1-2;;/h3-6,9,19H,7-8H2,1-2H3;1-2H3;1H3;/q;;-1;. The molecule has 4 nitrogen and oxygen atoms in total. The van der Waals surface area contributed by atoms with E-state index in [2.05, 4.69) is 4.98 Å². The Morgan fingerprint density at radius 3 is 2.54 bits per heavy atom. The van der Waals surface area contributed by atoms with Gasteiger partial charge in [0.25, 0.3) is 5.56 Å². The maximum Gasteiger partial charge on any atom is 0.263 e. The summed E-state index contributed by atoms with van der Waals surface area (Å²) >= 11 is 3.04. The summed E-state index contributed by atoms with van der Waals surface area (Å²) in [4.78, 5) is 17.2. The molecule has 0 aliphatic heterocycles. The molecule has 0 saturated carbocycles. The van der Waals surface area contributed by atoms with Gasteiger partial charge in [-0.05, 0) is 24.3 Å². The molecule has 0 fully saturated rings. The summed E-state index contributed by atoms with van der Waals surface area (Å²) in [6, 6.07) is 7.62. The van der Waals surface area contributed by atoms with Crippen LogP contribution in [0.2, 0.25) is 0 Å². The number of nitrogens with zero attached hydrogens (tertiary/aromatic N) is 2. The van der Waals surface area contributed by atoms with E-state index in [-0.39, 0.29) is 51.4 Å². The smallest absolute Gasteiger partial charge is 0.263 e. The molecule has 139 valence electrons. The Bertz CT molecular complexity index is 891. The SMILES string of the molecule is CC.CSCCn1c(=O)c(-c2ccccc2C)c(O)c2scnc21.[CH3-].[Y]. The molecule has 7 heteroatoms. The van der Waals surface area contributed by atoms with Crippen LogP contribution >= 0.6 is 23.1 Å². The second-order valence-electron chi connectivity index (χ2n) is 4.99. The topological polar surface area (TPSA) is 55.1 Å². The molecule has 0 aliphatic carbocycles. The predicted molar refractivity (Wildman–Crippen MR) is 112 cm³/mol. The molecular formula is C19H25N2O2S2Y-. The normalized spacial score (nSPS) is 9.69. The van der Waals surface area contributed by atoms with Crippen LogP contribution in [-0.2, 0) is 39.3 Å². The third kappa shape index (κ3) is 4.97. The Morgan fingerprint density at radius 1 is 1.27 bits per heavy atom. The molecule has 3 aromatic rings. The molecule has 1 aromatic carbocycles. The second-order valence-corrected chi connectivity index (χ2v) is 6.83. The summed E-state index contributed by atoms with van der Waals surface area (Å²) in [5.41, 5.74) is 4.17. The molecule has 3 rings (SSSR count). The van der Waals surface area contributed by atoms with Crippen LogP contribution in [-0.4, -0.2) is 26.7 Å². The van der Waals surface area contributed by atoms with Crippen molar-refractivity contribution in [3.8, 4) is 16.9 Å². The average molecular weight is 466 g/mol. The van der Waals surface area contributed by atoms with E-state index in [1.807, 2.05) is 51.3 Å². The molecule has 1 radical (unpaired) electrons. The van der Waals surface area contributed by atoms with Crippen molar-refractivity contribution in [2.75, 3.05) is 12.0 Å². The van der Waals surface area contributed by atoms with Crippen molar-refractivity contribution in [3.05, 3.63) is 53.1 Å². The largest absolute Gasteiger partial charge is 0.505 e. The van der Waals surface area contributed by atoms with Gasteiger partial charge in [-0.1, -0.05) is 38.1 Å². The van der Waals surface area contributed by atoms with Gasteiger partial charge in [-0.15, -0.1) is 11.3 Å². The average Bonchev–Trinajstić information content (AvgIpc) is 3.08. The molecule has 0 unspecified atom stereocenters. The summed E-state index contributed by atoms with van der Waals surface area (Å²) in [6.07, 6.45) is 2.01. The van der Waals surface area contributed by atoms with Crippen molar-refractivity contribution in [3.63, 3.8) is 0 Å². The van der Waals surface area contributed by atoms with E-state index < -0.39 is 0 Å². The zero-order chi connectivity index (χ0) is 17.7. The maximum atomic E-state index is 12.9. The van der Waals surface area contributed by atoms with Gasteiger partial charge >= 0.3 is 0 Å². The molecule has 0 saturated heterocycles. The van der Waals surface area contributed by atoms with Crippen molar-refractivity contribution in [1.82, 2.24) is 9.55 Å². The summed E-state index contributed by atoms with van der Waals surface area (Å²) < 4.78 is 2.34. The number of benzene rings is 1. The molecule has 0 spiro atoms. The minimum absolute atomic E-state index is 0. The van der Waals surface area contributed by atoms with E-state index in [4.69, 9.17) is 0 Å². The number of aromatic hydroxyl groups is 1. The van der Waals surface area contributed by atoms with Gasteiger partial charge in [0.15, 0.2) is 5.65 Å². The van der Waals surface area contributed by atoms with Crippen molar-refractivity contribution in [1.29, 1.82) is 0 Å². The number of hydrogen-bond donors (Lipinski definition) is 1. The van der Waals surface area contributed by atoms with Gasteiger partial charge in [0, 0.05) is 45.0 Å². The number of pyridine rings is 1. The fraction of sp³-hybridized carbons (Fsp3) is 0.316. The van der Waals surface area contributed by atoms with Crippen LogP contribution in [0.4, 0.5) is 0 Å². The van der Waals surface area contributed by atoms with Gasteiger partial charge in [0.1, 0.15) is 10.4 Å². The minimum atomic E-state index is -0.181. The Balaban J connectivity index is 0.00000151. The predicted octanol–water partition coefficient (Wildman–Crippen LogP) is 4.98. The molecule has 0 aliphatic rings. The van der Waals surface area contributed by atoms with Crippen molar-refractivity contribution >= 4 is 33.4 Å². The third-order valence-electron chi connectivity index (χ3n) is 3.65. The van der Waals surface area contributed by atoms with Gasteiger partial charge in [0.2, 0.25) is 0 Å². The van der Waals surface area contributed by atoms with E-state index in [0.717, 1.165) is 16.9 Å². The Labute approximate surface area is 188 Å². The van der Waals surface area contributed by atoms with Gasteiger partial charge in [-0.2, -0.15) is 11.8 Å². The van der Waals surface area contributed by atoms with Gasteiger partial charge in [-0.25, -0.2) is 4.98 Å². The first-order valence-corrected chi connectivity index (χ1v) is 10.2. The number of fused-ring (bicyclic) bond motifs is 1. The zero-order valence-corrected chi connectivity index (χ0v) is 20.4. The van der Waals surface area contributed by atoms with E-state index in [1.54, 1.807) is 21.8 Å². The fourth-order valence-electron chi connectivity index (χ4n) is 2.53. The first-order valence-electron chi connectivity index (χ1n) is 7.89. The van der Waals surface area contributed by atoms with Crippen LogP contribution in [0.15, 0.2) is 34.6 Å². The van der Waals surface area contributed by atoms with E-state index >= 15 is 0 Å². The minimum Gasteiger partial charge on any atom is -0.505 e. The number of hydrogen-bond acceptors (Lipinski definition) is 5. The second kappa shape index (κ2) is 11.9. The molecule has 1 N–H and O–H groups in total. The third-order valence-corrected chi connectivity index (χ3v) is 5.06. The number of rotatable bonds is 4. The monoisotopic (exact) mass is 466 g/mol. The Morgan fingerprint density at radius 2 is 1.92 bits per heavy atom. The molecule has 2 aromatic heterocycles. The summed E-state index contributed by atoms with van der Waals surface area (Å²) in [6.45, 7) is 6.52. The summed E-state index contributed by atoms with van der Waals surface area (Å²) in [5, 5.41) is 10.6. The van der Waals surface area contributed by atoms with Crippen molar-refractivity contribution in [2.45, 2.75) is 27.3 Å². The van der Waals surface area contributed by atoms with E-state index in [0.29, 0.717) is 22.5 Å². The Kier molecular flexibility index (Phi) is 11.6. The van der Waals surface area contributed by atoms with Gasteiger partial charge in [-0.3, -0.25) is 9.36 Å². The molecular weight excluding hydrogens is 441 g/mol. The molecule has 0 bridgehead atoms. The van der Waals surface area contributed by atoms with Gasteiger partial charge in [0.05, 0.1) is 11.1 Å². The first-order chi connectivity index (χ1) is 11.6. The van der Waals surface area contributed by atoms with Crippen LogP contribution in [0.5, 0.6) is 5.75 Å². The molecule has 0 atom stereocenters. The van der Waals surface area contributed by atoms with Crippen LogP contribution in [0.1, 0.15) is 19.4 Å². The van der Waals surface area contributed by atoms with Crippen LogP contribution in [0.3, 0.4) is 0 Å². The van der Waals surface area contributed by atoms with E-state index in [1.165, 1.54) is 11.3 Å². The van der Waals surface area contributed by atoms with Crippen LogP contribution < -0.4 is 5.56 Å². The molecule has 2 heterocycles. The number of thiazole rings is 1. The van der Waals surface area contributed by atoms with Crippen LogP contribution in [0, 0.1) is 14.4 Å². The number of thioether (sulfide) groups is 1. The van der Waals surface area contributed by atoms with Crippen molar-refractivity contribution < 1.29 is 37.8 Å². The van der Waals surface area contributed by atoms with Crippen LogP contribution in [0.25, 0.3) is 21.5 Å². The first kappa shape index (κ1) is 25.3. The van der Waals surface area contributed by atoms with Crippen molar-refractivity contribution in [2.24, 2.45) is 0 Å². The molecule has 26 heavy (non-hydrogen) atoms. The fourth-order valence-corrected chi connectivity index (χ4v) is 3.63. The van der Waals surface area contributed by atoms with E-state index in [9.17, 15) is 9.90 Å². The summed E-state index contributed by atoms with van der Waals surface area (Å²) in [7, 11) is 0. The Hall–Kier alpha value is -0.686. The summed E-state index contributed by atoms with van der Waals surface area (Å²) in [5.74, 6) is 0.863.